The summed E-state index contributed by atoms with van der Waals surface area (Å²) in [4.78, 5) is 1.43. The minimum absolute atomic E-state index is 0.181. The van der Waals surface area contributed by atoms with E-state index in [0.29, 0.717) is 6.54 Å². The maximum absolute atomic E-state index is 12.1. The van der Waals surface area contributed by atoms with Crippen molar-refractivity contribution in [3.8, 4) is 0 Å². The number of aliphatic hydroxyl groups excluding tert-OH is 2. The molecule has 1 aliphatic heterocycles. The Balaban J connectivity index is 2.50. The van der Waals surface area contributed by atoms with Crippen LogP contribution in [0.4, 0.5) is 13.2 Å². The number of alkyl halides is 3. The fraction of sp³-hybridized carbons (Fsp3) is 1.00. The molecule has 0 aromatic rings. The number of aliphatic hydroxyl groups is 2. The molecule has 1 saturated heterocycles. The molecular weight excluding hydrogens is 211 g/mol. The lowest BCUT2D eigenvalue weighted by Gasteiger charge is -2.23. The molecular formula is C9H16F3NO2. The van der Waals surface area contributed by atoms with Gasteiger partial charge in [-0.25, -0.2) is 0 Å². The highest BCUT2D eigenvalue weighted by molar-refractivity contribution is 4.91. The zero-order valence-corrected chi connectivity index (χ0v) is 8.75. The SMILES string of the molecule is CC1(C)CN(C[C@H](O)C(F)(F)F)C[C@H]1O. The molecule has 2 N–H and O–H groups in total. The molecule has 0 bridgehead atoms. The third-order valence-electron chi connectivity index (χ3n) is 2.77. The van der Waals surface area contributed by atoms with Gasteiger partial charge in [-0.15, -0.1) is 0 Å². The average molecular weight is 227 g/mol. The third-order valence-corrected chi connectivity index (χ3v) is 2.77. The van der Waals surface area contributed by atoms with E-state index in [1.54, 1.807) is 13.8 Å². The number of β-amino-alcohol motifs (C(OH)–C–C–N with tert-alkyl or cyclic N) is 2. The van der Waals surface area contributed by atoms with E-state index in [4.69, 9.17) is 5.11 Å². The second-order valence-electron chi connectivity index (χ2n) is 4.76. The Morgan fingerprint density at radius 2 is 2.00 bits per heavy atom. The van der Waals surface area contributed by atoms with Crippen LogP contribution in [0, 0.1) is 5.41 Å². The fourth-order valence-electron chi connectivity index (χ4n) is 1.73. The lowest BCUT2D eigenvalue weighted by Crippen LogP contribution is -2.40. The second-order valence-corrected chi connectivity index (χ2v) is 4.76. The molecule has 0 amide bonds. The van der Waals surface area contributed by atoms with E-state index in [0.717, 1.165) is 0 Å². The Labute approximate surface area is 86.5 Å². The van der Waals surface area contributed by atoms with Gasteiger partial charge in [-0.05, 0) is 0 Å². The molecule has 1 rings (SSSR count). The van der Waals surface area contributed by atoms with Gasteiger partial charge in [-0.3, -0.25) is 4.90 Å². The van der Waals surface area contributed by atoms with Crippen molar-refractivity contribution >= 4 is 0 Å². The second kappa shape index (κ2) is 3.92. The smallest absolute Gasteiger partial charge is 0.391 e. The first-order valence-corrected chi connectivity index (χ1v) is 4.78. The average Bonchev–Trinajstić information content (AvgIpc) is 2.23. The minimum atomic E-state index is -4.59. The van der Waals surface area contributed by atoms with Crippen LogP contribution in [0.3, 0.4) is 0 Å². The van der Waals surface area contributed by atoms with Crippen molar-refractivity contribution in [2.45, 2.75) is 32.2 Å². The lowest BCUT2D eigenvalue weighted by atomic mass is 9.90. The molecule has 0 aliphatic carbocycles. The van der Waals surface area contributed by atoms with Crippen LogP contribution >= 0.6 is 0 Å². The number of likely N-dealkylation sites (tertiary alicyclic amines) is 1. The van der Waals surface area contributed by atoms with Gasteiger partial charge in [0.05, 0.1) is 6.10 Å². The summed E-state index contributed by atoms with van der Waals surface area (Å²) in [6, 6.07) is 0. The number of hydrogen-bond donors (Lipinski definition) is 2. The normalized spacial score (nSPS) is 29.4. The monoisotopic (exact) mass is 227 g/mol. The van der Waals surface area contributed by atoms with Gasteiger partial charge in [0, 0.05) is 25.0 Å². The molecule has 1 heterocycles. The molecule has 0 spiro atoms. The molecule has 1 fully saturated rings. The fourth-order valence-corrected chi connectivity index (χ4v) is 1.73. The molecule has 3 nitrogen and oxygen atoms in total. The Morgan fingerprint density at radius 1 is 1.47 bits per heavy atom. The molecule has 2 atom stereocenters. The van der Waals surface area contributed by atoms with Crippen LogP contribution in [0.1, 0.15) is 13.8 Å². The molecule has 0 saturated carbocycles. The summed E-state index contributed by atoms with van der Waals surface area (Å²) >= 11 is 0. The standard InChI is InChI=1S/C9H16F3NO2/c1-8(2)5-13(3-6(8)14)4-7(15)9(10,11)12/h6-7,14-15H,3-5H2,1-2H3/t6-,7+/m1/s1. The van der Waals surface area contributed by atoms with Gasteiger partial charge in [0.2, 0.25) is 0 Å². The van der Waals surface area contributed by atoms with Gasteiger partial charge in [0.15, 0.2) is 6.10 Å². The summed E-state index contributed by atoms with van der Waals surface area (Å²) in [5.41, 5.74) is -0.411. The third kappa shape index (κ3) is 3.06. The van der Waals surface area contributed by atoms with E-state index in [9.17, 15) is 18.3 Å². The van der Waals surface area contributed by atoms with E-state index in [1.165, 1.54) is 4.90 Å². The van der Waals surface area contributed by atoms with Crippen LogP contribution in [-0.4, -0.2) is 53.1 Å². The van der Waals surface area contributed by atoms with Crippen LogP contribution in [0.15, 0.2) is 0 Å². The van der Waals surface area contributed by atoms with Crippen LogP contribution in [-0.2, 0) is 0 Å². The molecule has 15 heavy (non-hydrogen) atoms. The summed E-state index contributed by atoms with van der Waals surface area (Å²) < 4.78 is 36.2. The maximum Gasteiger partial charge on any atom is 0.415 e. The molecule has 0 aromatic heterocycles. The first-order chi connectivity index (χ1) is 6.63. The number of hydrogen-bond acceptors (Lipinski definition) is 3. The van der Waals surface area contributed by atoms with Crippen molar-refractivity contribution in [1.82, 2.24) is 4.90 Å². The summed E-state index contributed by atoms with van der Waals surface area (Å²) in [7, 11) is 0. The predicted molar refractivity (Wildman–Crippen MR) is 48.3 cm³/mol. The summed E-state index contributed by atoms with van der Waals surface area (Å²) in [6.07, 6.45) is -7.56. The molecule has 0 unspecified atom stereocenters. The van der Waals surface area contributed by atoms with Crippen molar-refractivity contribution in [3.63, 3.8) is 0 Å². The van der Waals surface area contributed by atoms with Crippen LogP contribution < -0.4 is 0 Å². The molecule has 6 heteroatoms. The number of halogens is 3. The maximum atomic E-state index is 12.1. The predicted octanol–water partition coefficient (Wildman–Crippen LogP) is 0.612. The van der Waals surface area contributed by atoms with Crippen molar-refractivity contribution in [3.05, 3.63) is 0 Å². The van der Waals surface area contributed by atoms with Crippen molar-refractivity contribution in [2.24, 2.45) is 5.41 Å². The molecule has 0 radical (unpaired) electrons. The zero-order chi connectivity index (χ0) is 11.9. The largest absolute Gasteiger partial charge is 0.415 e. The van der Waals surface area contributed by atoms with Crippen molar-refractivity contribution in [2.75, 3.05) is 19.6 Å². The lowest BCUT2D eigenvalue weighted by molar-refractivity contribution is -0.207. The van der Waals surface area contributed by atoms with Gasteiger partial charge in [0.1, 0.15) is 0 Å². The van der Waals surface area contributed by atoms with E-state index in [-0.39, 0.29) is 6.54 Å². The topological polar surface area (TPSA) is 43.7 Å². The van der Waals surface area contributed by atoms with Gasteiger partial charge in [-0.1, -0.05) is 13.8 Å². The highest BCUT2D eigenvalue weighted by atomic mass is 19.4. The van der Waals surface area contributed by atoms with Crippen LogP contribution in [0.25, 0.3) is 0 Å². The first-order valence-electron chi connectivity index (χ1n) is 4.78. The Kier molecular flexibility index (Phi) is 3.33. The van der Waals surface area contributed by atoms with E-state index in [1.807, 2.05) is 0 Å². The van der Waals surface area contributed by atoms with Crippen LogP contribution in [0.2, 0.25) is 0 Å². The molecule has 1 aliphatic rings. The van der Waals surface area contributed by atoms with Gasteiger partial charge >= 0.3 is 6.18 Å². The summed E-state index contributed by atoms with van der Waals surface area (Å²) in [5, 5.41) is 18.4. The Morgan fingerprint density at radius 3 is 2.33 bits per heavy atom. The number of rotatable bonds is 2. The summed E-state index contributed by atoms with van der Waals surface area (Å²) in [5.74, 6) is 0. The Bertz CT molecular complexity index is 230. The quantitative estimate of drug-likeness (QED) is 0.726. The van der Waals surface area contributed by atoms with E-state index in [2.05, 4.69) is 0 Å². The van der Waals surface area contributed by atoms with Crippen LogP contribution in [0.5, 0.6) is 0 Å². The minimum Gasteiger partial charge on any atom is -0.391 e. The highest BCUT2D eigenvalue weighted by Crippen LogP contribution is 2.30. The van der Waals surface area contributed by atoms with Gasteiger partial charge in [0.25, 0.3) is 0 Å². The Hall–Kier alpha value is -0.330. The highest BCUT2D eigenvalue weighted by Gasteiger charge is 2.43. The number of nitrogens with zero attached hydrogens (tertiary/aromatic N) is 1. The molecule has 0 aromatic carbocycles. The van der Waals surface area contributed by atoms with E-state index >= 15 is 0 Å². The van der Waals surface area contributed by atoms with Gasteiger partial charge < -0.3 is 10.2 Å². The zero-order valence-electron chi connectivity index (χ0n) is 8.75. The van der Waals surface area contributed by atoms with Crippen molar-refractivity contribution < 1.29 is 23.4 Å². The summed E-state index contributed by atoms with van der Waals surface area (Å²) in [6.45, 7) is 3.65. The van der Waals surface area contributed by atoms with Gasteiger partial charge in [-0.2, -0.15) is 13.2 Å². The van der Waals surface area contributed by atoms with Crippen molar-refractivity contribution in [1.29, 1.82) is 0 Å². The molecule has 90 valence electrons. The first kappa shape index (κ1) is 12.7. The van der Waals surface area contributed by atoms with E-state index < -0.39 is 30.3 Å².